The maximum absolute atomic E-state index is 12.7. The summed E-state index contributed by atoms with van der Waals surface area (Å²) in [4.78, 5) is 16.6. The maximum Gasteiger partial charge on any atom is 0.320 e. The van der Waals surface area contributed by atoms with E-state index in [9.17, 15) is 4.79 Å². The van der Waals surface area contributed by atoms with E-state index >= 15 is 0 Å². The van der Waals surface area contributed by atoms with E-state index in [0.29, 0.717) is 0 Å². The Labute approximate surface area is 149 Å². The van der Waals surface area contributed by atoms with Crippen molar-refractivity contribution in [3.8, 4) is 11.1 Å². The molecule has 2 aliphatic rings. The van der Waals surface area contributed by atoms with Gasteiger partial charge in [-0.05, 0) is 36.0 Å². The molecule has 0 saturated carbocycles. The Morgan fingerprint density at radius 1 is 1.00 bits per heavy atom. The zero-order valence-corrected chi connectivity index (χ0v) is 14.5. The fourth-order valence-electron chi connectivity index (χ4n) is 3.82. The molecule has 2 fully saturated rings. The third-order valence-electron chi connectivity index (χ3n) is 5.45. The lowest BCUT2D eigenvalue weighted by Crippen LogP contribution is -2.53. The van der Waals surface area contributed by atoms with Gasteiger partial charge in [0.05, 0.1) is 6.04 Å². The van der Waals surface area contributed by atoms with Gasteiger partial charge in [0, 0.05) is 25.7 Å². The lowest BCUT2D eigenvalue weighted by atomic mass is 9.97. The quantitative estimate of drug-likeness (QED) is 0.937. The minimum atomic E-state index is 0.0607. The Morgan fingerprint density at radius 3 is 2.48 bits per heavy atom. The molecule has 25 heavy (non-hydrogen) atoms. The van der Waals surface area contributed by atoms with Crippen molar-refractivity contribution in [1.82, 2.24) is 9.80 Å². The molecular formula is C21H25N3O. The summed E-state index contributed by atoms with van der Waals surface area (Å²) in [6.07, 6.45) is 2.83. The van der Waals surface area contributed by atoms with Gasteiger partial charge in [0.1, 0.15) is 0 Å². The molecule has 0 radical (unpaired) electrons. The molecule has 4 nitrogen and oxygen atoms in total. The molecule has 2 aromatic carbocycles. The number of hydrogen-bond donors (Lipinski definition) is 1. The standard InChI is InChI=1S/C21H25N3O/c22-19-10-13-24(21(25)23-11-5-12-23)20(19)15-16-6-4-9-18(14-16)17-7-2-1-3-8-17/h1-4,6-9,14,19-20H,5,10-13,15,22H2/t19-,20-/m0/s1. The van der Waals surface area contributed by atoms with E-state index in [1.165, 1.54) is 16.7 Å². The van der Waals surface area contributed by atoms with Crippen molar-refractivity contribution in [2.75, 3.05) is 19.6 Å². The smallest absolute Gasteiger partial charge is 0.320 e. The summed E-state index contributed by atoms with van der Waals surface area (Å²) in [6, 6.07) is 19.3. The number of carbonyl (C=O) groups is 1. The Bertz CT molecular complexity index is 742. The molecule has 2 aliphatic heterocycles. The molecule has 0 aliphatic carbocycles. The van der Waals surface area contributed by atoms with Gasteiger partial charge in [-0.3, -0.25) is 0 Å². The summed E-state index contributed by atoms with van der Waals surface area (Å²) in [5.74, 6) is 0. The summed E-state index contributed by atoms with van der Waals surface area (Å²) in [5, 5.41) is 0. The van der Waals surface area contributed by atoms with Crippen molar-refractivity contribution in [3.63, 3.8) is 0 Å². The fourth-order valence-corrected chi connectivity index (χ4v) is 3.82. The summed E-state index contributed by atoms with van der Waals surface area (Å²) < 4.78 is 0. The molecule has 2 atom stereocenters. The van der Waals surface area contributed by atoms with E-state index in [4.69, 9.17) is 5.73 Å². The van der Waals surface area contributed by atoms with Crippen LogP contribution in [0, 0.1) is 0 Å². The maximum atomic E-state index is 12.7. The minimum absolute atomic E-state index is 0.0607. The molecule has 130 valence electrons. The average molecular weight is 335 g/mol. The van der Waals surface area contributed by atoms with E-state index < -0.39 is 0 Å². The molecule has 2 N–H and O–H groups in total. The first-order chi connectivity index (χ1) is 12.2. The zero-order valence-electron chi connectivity index (χ0n) is 14.5. The first-order valence-electron chi connectivity index (χ1n) is 9.18. The van der Waals surface area contributed by atoms with Crippen molar-refractivity contribution >= 4 is 6.03 Å². The second-order valence-electron chi connectivity index (χ2n) is 7.11. The van der Waals surface area contributed by atoms with Crippen molar-refractivity contribution < 1.29 is 4.79 Å². The lowest BCUT2D eigenvalue weighted by molar-refractivity contribution is 0.121. The predicted octanol–water partition coefficient (Wildman–Crippen LogP) is 3.12. The second kappa shape index (κ2) is 6.89. The molecule has 0 unspecified atom stereocenters. The molecule has 2 amide bonds. The normalized spacial score (nSPS) is 22.8. The third-order valence-corrected chi connectivity index (χ3v) is 5.45. The van der Waals surface area contributed by atoms with Crippen molar-refractivity contribution in [2.24, 2.45) is 5.73 Å². The van der Waals surface area contributed by atoms with E-state index in [0.717, 1.165) is 38.9 Å². The number of amides is 2. The highest BCUT2D eigenvalue weighted by molar-refractivity contribution is 5.76. The van der Waals surface area contributed by atoms with Gasteiger partial charge in [-0.2, -0.15) is 0 Å². The van der Waals surface area contributed by atoms with Gasteiger partial charge in [-0.15, -0.1) is 0 Å². The van der Waals surface area contributed by atoms with Crippen LogP contribution in [0.1, 0.15) is 18.4 Å². The van der Waals surface area contributed by atoms with Crippen LogP contribution in [0.2, 0.25) is 0 Å². The molecule has 2 aromatic rings. The van der Waals surface area contributed by atoms with E-state index in [-0.39, 0.29) is 18.1 Å². The van der Waals surface area contributed by atoms with Crippen LogP contribution >= 0.6 is 0 Å². The number of hydrogen-bond acceptors (Lipinski definition) is 2. The van der Waals surface area contributed by atoms with Crippen LogP contribution in [-0.4, -0.2) is 47.5 Å². The molecule has 2 saturated heterocycles. The van der Waals surface area contributed by atoms with Crippen LogP contribution in [0.25, 0.3) is 11.1 Å². The Morgan fingerprint density at radius 2 is 1.76 bits per heavy atom. The highest BCUT2D eigenvalue weighted by Crippen LogP contribution is 2.26. The van der Waals surface area contributed by atoms with E-state index in [1.807, 2.05) is 15.9 Å². The molecule has 0 aromatic heterocycles. The predicted molar refractivity (Wildman–Crippen MR) is 100 cm³/mol. The number of nitrogens with zero attached hydrogens (tertiary/aromatic N) is 2. The fraction of sp³-hybridized carbons (Fsp3) is 0.381. The third kappa shape index (κ3) is 3.27. The molecule has 4 rings (SSSR count). The Kier molecular flexibility index (Phi) is 4.45. The molecule has 0 bridgehead atoms. The number of urea groups is 1. The molecule has 0 spiro atoms. The zero-order chi connectivity index (χ0) is 17.2. The van der Waals surface area contributed by atoms with Crippen molar-refractivity contribution in [1.29, 1.82) is 0 Å². The second-order valence-corrected chi connectivity index (χ2v) is 7.11. The minimum Gasteiger partial charge on any atom is -0.326 e. The SMILES string of the molecule is N[C@H]1CCN(C(=O)N2CCC2)[C@H]1Cc1cccc(-c2ccccc2)c1. The monoisotopic (exact) mass is 335 g/mol. The van der Waals surface area contributed by atoms with Gasteiger partial charge in [-0.1, -0.05) is 54.6 Å². The summed E-state index contributed by atoms with van der Waals surface area (Å²) in [6.45, 7) is 2.56. The summed E-state index contributed by atoms with van der Waals surface area (Å²) >= 11 is 0. The highest BCUT2D eigenvalue weighted by atomic mass is 16.2. The van der Waals surface area contributed by atoms with E-state index in [1.54, 1.807) is 0 Å². The van der Waals surface area contributed by atoms with Gasteiger partial charge in [-0.25, -0.2) is 4.79 Å². The van der Waals surface area contributed by atoms with Gasteiger partial charge in [0.2, 0.25) is 0 Å². The number of likely N-dealkylation sites (tertiary alicyclic amines) is 2. The van der Waals surface area contributed by atoms with Crippen molar-refractivity contribution in [2.45, 2.75) is 31.3 Å². The van der Waals surface area contributed by atoms with Crippen LogP contribution in [0.3, 0.4) is 0 Å². The van der Waals surface area contributed by atoms with Crippen LogP contribution in [0.5, 0.6) is 0 Å². The first-order valence-corrected chi connectivity index (χ1v) is 9.18. The van der Waals surface area contributed by atoms with Gasteiger partial charge < -0.3 is 15.5 Å². The molecule has 4 heteroatoms. The largest absolute Gasteiger partial charge is 0.326 e. The van der Waals surface area contributed by atoms with Crippen LogP contribution in [0.4, 0.5) is 4.79 Å². The number of carbonyl (C=O) groups excluding carboxylic acids is 1. The summed E-state index contributed by atoms with van der Waals surface area (Å²) in [7, 11) is 0. The average Bonchev–Trinajstić information content (AvgIpc) is 2.95. The highest BCUT2D eigenvalue weighted by Gasteiger charge is 2.38. The van der Waals surface area contributed by atoms with Gasteiger partial charge in [0.25, 0.3) is 0 Å². The van der Waals surface area contributed by atoms with Crippen LogP contribution in [0.15, 0.2) is 54.6 Å². The summed E-state index contributed by atoms with van der Waals surface area (Å²) in [5.41, 5.74) is 10.0. The van der Waals surface area contributed by atoms with Gasteiger partial charge >= 0.3 is 6.03 Å². The number of nitrogens with two attached hydrogens (primary N) is 1. The van der Waals surface area contributed by atoms with Crippen LogP contribution in [-0.2, 0) is 6.42 Å². The first kappa shape index (κ1) is 16.2. The number of benzene rings is 2. The van der Waals surface area contributed by atoms with Gasteiger partial charge in [0.15, 0.2) is 0 Å². The molecule has 2 heterocycles. The lowest BCUT2D eigenvalue weighted by Gasteiger charge is -2.37. The van der Waals surface area contributed by atoms with Crippen LogP contribution < -0.4 is 5.73 Å². The van der Waals surface area contributed by atoms with E-state index in [2.05, 4.69) is 48.5 Å². The molecular weight excluding hydrogens is 310 g/mol. The Hall–Kier alpha value is -2.33. The topological polar surface area (TPSA) is 49.6 Å². The Balaban J connectivity index is 1.53. The number of rotatable bonds is 3. The van der Waals surface area contributed by atoms with Crippen molar-refractivity contribution in [3.05, 3.63) is 60.2 Å².